The Kier molecular flexibility index (Phi) is 3.94. The first-order chi connectivity index (χ1) is 8.30. The molecule has 0 radical (unpaired) electrons. The van der Waals surface area contributed by atoms with E-state index in [2.05, 4.69) is 14.5 Å². The van der Waals surface area contributed by atoms with Gasteiger partial charge in [-0.3, -0.25) is 0 Å². The van der Waals surface area contributed by atoms with Crippen LogP contribution in [-0.4, -0.2) is 29.5 Å². The van der Waals surface area contributed by atoms with Crippen LogP contribution in [0.5, 0.6) is 11.6 Å². The SMILES string of the molecule is COC(=O)c1c(O)cnc(OC(F)(F)F)c1CF. The maximum absolute atomic E-state index is 12.7. The lowest BCUT2D eigenvalue weighted by atomic mass is 10.1. The highest BCUT2D eigenvalue weighted by atomic mass is 19.4. The zero-order valence-electron chi connectivity index (χ0n) is 8.92. The monoisotopic (exact) mass is 269 g/mol. The molecule has 0 saturated carbocycles. The molecule has 100 valence electrons. The van der Waals surface area contributed by atoms with Crippen molar-refractivity contribution in [3.8, 4) is 11.6 Å². The molecule has 1 heterocycles. The molecule has 0 fully saturated rings. The van der Waals surface area contributed by atoms with E-state index in [0.717, 1.165) is 7.11 Å². The summed E-state index contributed by atoms with van der Waals surface area (Å²) in [7, 11) is 0.925. The summed E-state index contributed by atoms with van der Waals surface area (Å²) in [4.78, 5) is 14.3. The second kappa shape index (κ2) is 5.07. The minimum absolute atomic E-state index is 0.534. The summed E-state index contributed by atoms with van der Waals surface area (Å²) in [6.07, 6.45) is -4.56. The Morgan fingerprint density at radius 3 is 2.56 bits per heavy atom. The zero-order valence-corrected chi connectivity index (χ0v) is 8.92. The van der Waals surface area contributed by atoms with Crippen molar-refractivity contribution >= 4 is 5.97 Å². The lowest BCUT2D eigenvalue weighted by Crippen LogP contribution is -2.20. The zero-order chi connectivity index (χ0) is 13.9. The first-order valence-corrected chi connectivity index (χ1v) is 4.41. The number of hydrogen-bond donors (Lipinski definition) is 1. The molecule has 0 bridgehead atoms. The first-order valence-electron chi connectivity index (χ1n) is 4.41. The van der Waals surface area contributed by atoms with Gasteiger partial charge >= 0.3 is 12.3 Å². The molecule has 18 heavy (non-hydrogen) atoms. The number of carbonyl (C=O) groups excluding carboxylic acids is 1. The molecular weight excluding hydrogens is 262 g/mol. The summed E-state index contributed by atoms with van der Waals surface area (Å²) >= 11 is 0. The van der Waals surface area contributed by atoms with Gasteiger partial charge in [0.15, 0.2) is 0 Å². The minimum atomic E-state index is -5.10. The fourth-order valence-electron chi connectivity index (χ4n) is 1.18. The second-order valence-corrected chi connectivity index (χ2v) is 2.98. The van der Waals surface area contributed by atoms with Gasteiger partial charge in [0.05, 0.1) is 18.9 Å². The number of halogens is 4. The maximum atomic E-state index is 12.7. The molecule has 0 atom stereocenters. The predicted molar refractivity (Wildman–Crippen MR) is 48.7 cm³/mol. The number of esters is 1. The van der Waals surface area contributed by atoms with Crippen molar-refractivity contribution in [2.75, 3.05) is 7.11 Å². The lowest BCUT2D eigenvalue weighted by Gasteiger charge is -2.13. The molecular formula is C9H7F4NO4. The first kappa shape index (κ1) is 14.0. The summed E-state index contributed by atoms with van der Waals surface area (Å²) in [5, 5.41) is 9.28. The highest BCUT2D eigenvalue weighted by Crippen LogP contribution is 2.32. The standard InChI is InChI=1S/C9H7F4NO4/c1-17-8(16)6-4(2-10)7(14-3-5(6)15)18-9(11,12)13/h3,15H,2H2,1H3. The quantitative estimate of drug-likeness (QED) is 0.670. The highest BCUT2D eigenvalue weighted by Gasteiger charge is 2.34. The van der Waals surface area contributed by atoms with Crippen molar-refractivity contribution in [2.24, 2.45) is 0 Å². The van der Waals surface area contributed by atoms with Crippen LogP contribution in [0.15, 0.2) is 6.20 Å². The molecule has 0 amide bonds. The van der Waals surface area contributed by atoms with E-state index in [9.17, 15) is 27.5 Å². The van der Waals surface area contributed by atoms with E-state index >= 15 is 0 Å². The molecule has 0 aliphatic carbocycles. The van der Waals surface area contributed by atoms with Crippen molar-refractivity contribution in [3.63, 3.8) is 0 Å². The van der Waals surface area contributed by atoms with Gasteiger partial charge in [-0.25, -0.2) is 14.2 Å². The van der Waals surface area contributed by atoms with Gasteiger partial charge in [-0.15, -0.1) is 13.2 Å². The van der Waals surface area contributed by atoms with E-state index in [1.54, 1.807) is 0 Å². The number of alkyl halides is 4. The van der Waals surface area contributed by atoms with Crippen LogP contribution in [0, 0.1) is 0 Å². The second-order valence-electron chi connectivity index (χ2n) is 2.98. The number of ether oxygens (including phenoxy) is 2. The van der Waals surface area contributed by atoms with Gasteiger partial charge < -0.3 is 14.6 Å². The summed E-state index contributed by atoms with van der Waals surface area (Å²) in [5.41, 5.74) is -1.59. The van der Waals surface area contributed by atoms with Crippen LogP contribution < -0.4 is 4.74 Å². The molecule has 1 rings (SSSR count). The number of rotatable bonds is 3. The number of aromatic hydroxyl groups is 1. The topological polar surface area (TPSA) is 68.7 Å². The molecule has 0 aliphatic rings. The Morgan fingerprint density at radius 2 is 2.11 bits per heavy atom. The van der Waals surface area contributed by atoms with Gasteiger partial charge in [-0.1, -0.05) is 0 Å². The van der Waals surface area contributed by atoms with Crippen molar-refractivity contribution in [1.29, 1.82) is 0 Å². The van der Waals surface area contributed by atoms with Gasteiger partial charge in [0.1, 0.15) is 18.0 Å². The van der Waals surface area contributed by atoms with Gasteiger partial charge in [0.25, 0.3) is 0 Å². The fourth-order valence-corrected chi connectivity index (χ4v) is 1.18. The number of hydrogen-bond acceptors (Lipinski definition) is 5. The fraction of sp³-hybridized carbons (Fsp3) is 0.333. The molecule has 0 saturated heterocycles. The molecule has 9 heteroatoms. The summed E-state index contributed by atoms with van der Waals surface area (Å²) < 4.78 is 56.4. The van der Waals surface area contributed by atoms with E-state index in [4.69, 9.17) is 0 Å². The van der Waals surface area contributed by atoms with Crippen molar-refractivity contribution in [2.45, 2.75) is 13.0 Å². The molecule has 1 aromatic heterocycles. The average molecular weight is 269 g/mol. The largest absolute Gasteiger partial charge is 0.574 e. The van der Waals surface area contributed by atoms with Crippen LogP contribution in [0.4, 0.5) is 17.6 Å². The Balaban J connectivity index is 3.34. The van der Waals surface area contributed by atoms with Crippen LogP contribution in [0.2, 0.25) is 0 Å². The van der Waals surface area contributed by atoms with Crippen LogP contribution >= 0.6 is 0 Å². The number of methoxy groups -OCH3 is 1. The van der Waals surface area contributed by atoms with E-state index in [0.29, 0.717) is 6.20 Å². The normalized spacial score (nSPS) is 11.2. The van der Waals surface area contributed by atoms with Crippen molar-refractivity contribution in [1.82, 2.24) is 4.98 Å². The van der Waals surface area contributed by atoms with Gasteiger partial charge in [0, 0.05) is 0 Å². The molecule has 0 aliphatic heterocycles. The summed E-state index contributed by atoms with van der Waals surface area (Å²) in [6, 6.07) is 0. The van der Waals surface area contributed by atoms with Crippen molar-refractivity contribution in [3.05, 3.63) is 17.3 Å². The predicted octanol–water partition coefficient (Wildman–Crippen LogP) is 1.94. The number of carbonyl (C=O) groups is 1. The van der Waals surface area contributed by atoms with Gasteiger partial charge in [-0.05, 0) is 0 Å². The molecule has 1 aromatic rings. The smallest absolute Gasteiger partial charge is 0.505 e. The summed E-state index contributed by atoms with van der Waals surface area (Å²) in [6.45, 7) is -1.49. The Bertz CT molecular complexity index is 461. The van der Waals surface area contributed by atoms with Gasteiger partial charge in [-0.2, -0.15) is 0 Å². The molecule has 0 unspecified atom stereocenters. The third-order valence-electron chi connectivity index (χ3n) is 1.86. The number of nitrogens with zero attached hydrogens (tertiary/aromatic N) is 1. The Hall–Kier alpha value is -2.06. The van der Waals surface area contributed by atoms with E-state index < -0.39 is 41.8 Å². The number of aromatic nitrogens is 1. The highest BCUT2D eigenvalue weighted by molar-refractivity contribution is 5.94. The lowest BCUT2D eigenvalue weighted by molar-refractivity contribution is -0.276. The van der Waals surface area contributed by atoms with E-state index in [-0.39, 0.29) is 0 Å². The number of pyridine rings is 1. The third-order valence-corrected chi connectivity index (χ3v) is 1.86. The molecule has 1 N–H and O–H groups in total. The summed E-state index contributed by atoms with van der Waals surface area (Å²) in [5.74, 6) is -3.15. The molecule has 0 aromatic carbocycles. The van der Waals surface area contributed by atoms with Crippen LogP contribution in [-0.2, 0) is 11.4 Å². The van der Waals surface area contributed by atoms with Gasteiger partial charge in [0.2, 0.25) is 5.88 Å². The maximum Gasteiger partial charge on any atom is 0.574 e. The molecule has 0 spiro atoms. The van der Waals surface area contributed by atoms with Crippen LogP contribution in [0.25, 0.3) is 0 Å². The van der Waals surface area contributed by atoms with Crippen molar-refractivity contribution < 1.29 is 36.9 Å². The Morgan fingerprint density at radius 1 is 1.50 bits per heavy atom. The van der Waals surface area contributed by atoms with Crippen LogP contribution in [0.1, 0.15) is 15.9 Å². The van der Waals surface area contributed by atoms with E-state index in [1.807, 2.05) is 0 Å². The molecule has 5 nitrogen and oxygen atoms in total. The average Bonchev–Trinajstić information content (AvgIpc) is 2.28. The minimum Gasteiger partial charge on any atom is -0.505 e. The van der Waals surface area contributed by atoms with Crippen LogP contribution in [0.3, 0.4) is 0 Å². The van der Waals surface area contributed by atoms with E-state index in [1.165, 1.54) is 0 Å². The third kappa shape index (κ3) is 2.99. The Labute approximate surface area is 98.0 Å².